The molecule has 0 amide bonds. The van der Waals surface area contributed by atoms with Crippen molar-refractivity contribution in [3.05, 3.63) is 40.7 Å². The molecule has 0 aliphatic carbocycles. The Bertz CT molecular complexity index is 678. The van der Waals surface area contributed by atoms with Crippen LogP contribution in [0, 0.1) is 5.21 Å². The Hall–Kier alpha value is -2.30. The third-order valence-electron chi connectivity index (χ3n) is 3.04. The Balaban J connectivity index is 2.69. The van der Waals surface area contributed by atoms with E-state index in [0.29, 0.717) is 11.3 Å². The molecule has 1 N–H and O–H groups in total. The summed E-state index contributed by atoms with van der Waals surface area (Å²) in [5.74, 6) is -0.491. The molecule has 0 bridgehead atoms. The van der Waals surface area contributed by atoms with Gasteiger partial charge >= 0.3 is 5.97 Å². The second-order valence-corrected chi connectivity index (χ2v) is 5.58. The van der Waals surface area contributed by atoms with Crippen molar-refractivity contribution in [1.82, 2.24) is 4.98 Å². The number of hydrogen-bond acceptors (Lipinski definition) is 3. The normalized spacial score (nSPS) is 12.7. The van der Waals surface area contributed by atoms with Crippen LogP contribution in [0.4, 0.5) is 0 Å². The van der Waals surface area contributed by atoms with Gasteiger partial charge in [0.05, 0.1) is 12.7 Å². The molecule has 0 fully saturated rings. The number of nitrogens with one attached hydrogen (secondary N) is 1. The van der Waals surface area contributed by atoms with Crippen LogP contribution in [-0.4, -0.2) is 34.6 Å². The molecule has 20 heavy (non-hydrogen) atoms. The summed E-state index contributed by atoms with van der Waals surface area (Å²) in [6.45, 7) is 5.43. The minimum absolute atomic E-state index is 0.291. The molecule has 106 valence electrons. The number of methoxy groups -OCH3 is 1. The van der Waals surface area contributed by atoms with Crippen molar-refractivity contribution in [2.45, 2.75) is 26.3 Å². The Kier molecular flexibility index (Phi) is 3.53. The zero-order valence-corrected chi connectivity index (χ0v) is 12.1. The van der Waals surface area contributed by atoms with Gasteiger partial charge in [0.15, 0.2) is 11.8 Å². The Labute approximate surface area is 117 Å². The first-order chi connectivity index (χ1) is 9.34. The lowest BCUT2D eigenvalue weighted by atomic mass is 10.1. The minimum atomic E-state index is -0.578. The number of rotatable bonds is 2. The molecule has 0 unspecified atom stereocenters. The topological polar surface area (TPSA) is 68.2 Å². The van der Waals surface area contributed by atoms with Crippen LogP contribution in [0.25, 0.3) is 10.9 Å². The van der Waals surface area contributed by atoms with E-state index in [0.717, 1.165) is 15.6 Å². The molecule has 1 aromatic heterocycles. The van der Waals surface area contributed by atoms with Crippen molar-refractivity contribution < 1.29 is 14.3 Å². The number of ether oxygens (including phenoxy) is 1. The van der Waals surface area contributed by atoms with E-state index in [4.69, 9.17) is 4.74 Å². The third kappa shape index (κ3) is 2.52. The SMILES string of the molecule is COC(=O)c1[nH]c2ccccc2c1C=[N+]([O-])C(C)(C)C. The number of H-pyrrole nitrogens is 1. The number of hydroxylamine groups is 1. The highest BCUT2D eigenvalue weighted by Crippen LogP contribution is 2.22. The molecule has 1 heterocycles. The van der Waals surface area contributed by atoms with Gasteiger partial charge in [-0.3, -0.25) is 0 Å². The van der Waals surface area contributed by atoms with Gasteiger partial charge in [-0.2, -0.15) is 0 Å². The van der Waals surface area contributed by atoms with Gasteiger partial charge in [-0.1, -0.05) is 18.2 Å². The highest BCUT2D eigenvalue weighted by atomic mass is 16.5. The van der Waals surface area contributed by atoms with Gasteiger partial charge in [-0.05, 0) is 6.07 Å². The monoisotopic (exact) mass is 274 g/mol. The van der Waals surface area contributed by atoms with E-state index < -0.39 is 11.5 Å². The van der Waals surface area contributed by atoms with Crippen LogP contribution in [0.3, 0.4) is 0 Å². The van der Waals surface area contributed by atoms with Gasteiger partial charge in [0, 0.05) is 31.7 Å². The van der Waals surface area contributed by atoms with Crippen molar-refractivity contribution >= 4 is 23.1 Å². The number of aromatic amines is 1. The molecule has 2 aromatic rings. The number of carbonyl (C=O) groups is 1. The van der Waals surface area contributed by atoms with Crippen molar-refractivity contribution in [3.63, 3.8) is 0 Å². The molecule has 5 heteroatoms. The van der Waals surface area contributed by atoms with Crippen LogP contribution in [0.2, 0.25) is 0 Å². The highest BCUT2D eigenvalue weighted by molar-refractivity contribution is 6.08. The van der Waals surface area contributed by atoms with E-state index in [2.05, 4.69) is 4.98 Å². The fourth-order valence-corrected chi connectivity index (χ4v) is 1.87. The van der Waals surface area contributed by atoms with Gasteiger partial charge in [-0.25, -0.2) is 9.53 Å². The molecule has 0 atom stereocenters. The number of aromatic nitrogens is 1. The predicted molar refractivity (Wildman–Crippen MR) is 78.2 cm³/mol. The highest BCUT2D eigenvalue weighted by Gasteiger charge is 2.23. The molecule has 5 nitrogen and oxygen atoms in total. The van der Waals surface area contributed by atoms with Crippen LogP contribution >= 0.6 is 0 Å². The average Bonchev–Trinajstić information content (AvgIpc) is 2.76. The van der Waals surface area contributed by atoms with Crippen LogP contribution in [0.15, 0.2) is 24.3 Å². The molecular formula is C15H18N2O3. The van der Waals surface area contributed by atoms with Crippen molar-refractivity contribution in [1.29, 1.82) is 0 Å². The summed E-state index contributed by atoms with van der Waals surface area (Å²) >= 11 is 0. The molecule has 0 saturated heterocycles. The molecule has 0 spiro atoms. The second-order valence-electron chi connectivity index (χ2n) is 5.58. The van der Waals surface area contributed by atoms with E-state index in [-0.39, 0.29) is 0 Å². The number of para-hydroxylation sites is 1. The number of fused-ring (bicyclic) bond motifs is 1. The zero-order chi connectivity index (χ0) is 14.9. The Morgan fingerprint density at radius 3 is 2.60 bits per heavy atom. The molecule has 2 rings (SSSR count). The lowest BCUT2D eigenvalue weighted by molar-refractivity contribution is -0.530. The van der Waals surface area contributed by atoms with Crippen molar-refractivity contribution in [2.24, 2.45) is 0 Å². The van der Waals surface area contributed by atoms with Crippen molar-refractivity contribution in [2.75, 3.05) is 7.11 Å². The maximum Gasteiger partial charge on any atom is 0.355 e. The summed E-state index contributed by atoms with van der Waals surface area (Å²) in [6.07, 6.45) is 1.44. The summed E-state index contributed by atoms with van der Waals surface area (Å²) < 4.78 is 5.61. The van der Waals surface area contributed by atoms with Gasteiger partial charge < -0.3 is 14.9 Å². The number of benzene rings is 1. The summed E-state index contributed by atoms with van der Waals surface area (Å²) in [5.41, 5.74) is 1.06. The fourth-order valence-electron chi connectivity index (χ4n) is 1.87. The first kappa shape index (κ1) is 14.1. The smallest absolute Gasteiger partial charge is 0.355 e. The summed E-state index contributed by atoms with van der Waals surface area (Å²) in [6, 6.07) is 7.44. The molecule has 0 aliphatic rings. The minimum Gasteiger partial charge on any atom is -0.623 e. The van der Waals surface area contributed by atoms with Crippen LogP contribution in [0.1, 0.15) is 36.8 Å². The van der Waals surface area contributed by atoms with E-state index in [1.165, 1.54) is 13.3 Å². The number of carbonyl (C=O) groups excluding carboxylic acids is 1. The molecule has 0 saturated carbocycles. The lowest BCUT2D eigenvalue weighted by Gasteiger charge is -2.18. The molecular weight excluding hydrogens is 256 g/mol. The van der Waals surface area contributed by atoms with E-state index in [1.807, 2.05) is 45.0 Å². The number of hydrogen-bond donors (Lipinski definition) is 1. The summed E-state index contributed by atoms with van der Waals surface area (Å²) in [5, 5.41) is 13.0. The maximum absolute atomic E-state index is 12.1. The predicted octanol–water partition coefficient (Wildman–Crippen LogP) is 2.68. The van der Waals surface area contributed by atoms with Crippen LogP contribution < -0.4 is 0 Å². The quantitative estimate of drug-likeness (QED) is 0.301. The van der Waals surface area contributed by atoms with E-state index in [9.17, 15) is 10.0 Å². The van der Waals surface area contributed by atoms with Crippen molar-refractivity contribution in [3.8, 4) is 0 Å². The average molecular weight is 274 g/mol. The molecule has 0 aliphatic heterocycles. The summed E-state index contributed by atoms with van der Waals surface area (Å²) in [4.78, 5) is 14.8. The van der Waals surface area contributed by atoms with E-state index >= 15 is 0 Å². The number of nitrogens with zero attached hydrogens (tertiary/aromatic N) is 1. The first-order valence-corrected chi connectivity index (χ1v) is 6.35. The van der Waals surface area contributed by atoms with E-state index in [1.54, 1.807) is 0 Å². The van der Waals surface area contributed by atoms with Gasteiger partial charge in [0.2, 0.25) is 0 Å². The Morgan fingerprint density at radius 2 is 2.00 bits per heavy atom. The van der Waals surface area contributed by atoms with Gasteiger partial charge in [0.25, 0.3) is 0 Å². The lowest BCUT2D eigenvalue weighted by Crippen LogP contribution is -2.29. The fraction of sp³-hybridized carbons (Fsp3) is 0.333. The van der Waals surface area contributed by atoms with Crippen LogP contribution in [-0.2, 0) is 4.74 Å². The third-order valence-corrected chi connectivity index (χ3v) is 3.04. The first-order valence-electron chi connectivity index (χ1n) is 6.35. The molecule has 0 radical (unpaired) electrons. The second kappa shape index (κ2) is 5.00. The summed E-state index contributed by atoms with van der Waals surface area (Å²) in [7, 11) is 1.32. The van der Waals surface area contributed by atoms with Gasteiger partial charge in [0.1, 0.15) is 5.69 Å². The Morgan fingerprint density at radius 1 is 1.35 bits per heavy atom. The zero-order valence-electron chi connectivity index (χ0n) is 12.1. The number of esters is 1. The molecule has 1 aromatic carbocycles. The maximum atomic E-state index is 12.1. The van der Waals surface area contributed by atoms with Gasteiger partial charge in [-0.15, -0.1) is 0 Å². The largest absolute Gasteiger partial charge is 0.623 e. The standard InChI is InChI=1S/C15H18N2O3/c1-15(2,3)17(19)9-11-10-7-5-6-8-12(10)16-13(11)14(18)20-4/h5-9,16H,1-4H3. The van der Waals surface area contributed by atoms with Crippen LogP contribution in [0.5, 0.6) is 0 Å².